The van der Waals surface area contributed by atoms with Crippen molar-refractivity contribution in [1.29, 1.82) is 0 Å². The number of benzene rings is 2. The smallest absolute Gasteiger partial charge is 0.350 e. The quantitative estimate of drug-likeness (QED) is 0.362. The zero-order chi connectivity index (χ0) is 19.1. The Kier molecular flexibility index (Phi) is 4.21. The van der Waals surface area contributed by atoms with Crippen molar-refractivity contribution in [3.63, 3.8) is 0 Å². The summed E-state index contributed by atoms with van der Waals surface area (Å²) in [7, 11) is -4.32. The summed E-state index contributed by atoms with van der Waals surface area (Å²) in [6.07, 6.45) is 1.17. The molecular weight excluding hydrogens is 362 g/mol. The van der Waals surface area contributed by atoms with Crippen molar-refractivity contribution in [2.45, 2.75) is 24.5 Å². The molecule has 1 heterocycles. The summed E-state index contributed by atoms with van der Waals surface area (Å²) in [6, 6.07) is 9.05. The standard InChI is InChI=1S/C17H15NO7S/c1-17(2)24-15(19)13(16(20)25-17)9-18-14-5-3-4-10-8-11(26(21,22)23)6-7-12(10)14/h3-9,18H,1-2H3,(H,21,22,23). The molecule has 2 aromatic rings. The molecular formula is C17H15NO7S. The number of rotatable bonds is 3. The predicted octanol–water partition coefficient (Wildman–Crippen LogP) is 2.22. The number of hydrogen-bond acceptors (Lipinski definition) is 7. The van der Waals surface area contributed by atoms with Gasteiger partial charge in [-0.05, 0) is 23.6 Å². The maximum absolute atomic E-state index is 11.9. The van der Waals surface area contributed by atoms with Crippen LogP contribution in [-0.4, -0.2) is 30.7 Å². The lowest BCUT2D eigenvalue weighted by molar-refractivity contribution is -0.222. The Morgan fingerprint density at radius 3 is 2.35 bits per heavy atom. The molecule has 0 aromatic heterocycles. The highest BCUT2D eigenvalue weighted by atomic mass is 32.2. The number of carbonyl (C=O) groups excluding carboxylic acids is 2. The number of hydrogen-bond donors (Lipinski definition) is 2. The third-order valence-corrected chi connectivity index (χ3v) is 4.49. The van der Waals surface area contributed by atoms with Gasteiger partial charge in [0.15, 0.2) is 5.57 Å². The van der Waals surface area contributed by atoms with Crippen molar-refractivity contribution in [3.8, 4) is 0 Å². The van der Waals surface area contributed by atoms with Crippen molar-refractivity contribution < 1.29 is 32.0 Å². The van der Waals surface area contributed by atoms with Crippen LogP contribution in [0.25, 0.3) is 10.8 Å². The van der Waals surface area contributed by atoms with Crippen LogP contribution in [0.1, 0.15) is 13.8 Å². The molecule has 1 aliphatic heterocycles. The Labute approximate surface area is 149 Å². The van der Waals surface area contributed by atoms with E-state index in [1.807, 2.05) is 0 Å². The Morgan fingerprint density at radius 1 is 1.08 bits per heavy atom. The van der Waals surface area contributed by atoms with Crippen molar-refractivity contribution in [3.05, 3.63) is 48.2 Å². The first-order valence-electron chi connectivity index (χ1n) is 7.50. The third-order valence-electron chi connectivity index (χ3n) is 3.64. The molecule has 1 fully saturated rings. The molecule has 2 N–H and O–H groups in total. The van der Waals surface area contributed by atoms with Gasteiger partial charge in [-0.25, -0.2) is 9.59 Å². The fourth-order valence-electron chi connectivity index (χ4n) is 2.48. The molecule has 0 unspecified atom stereocenters. The zero-order valence-corrected chi connectivity index (χ0v) is 14.7. The highest BCUT2D eigenvalue weighted by molar-refractivity contribution is 7.85. The van der Waals surface area contributed by atoms with Gasteiger partial charge in [0.05, 0.1) is 4.90 Å². The van der Waals surface area contributed by atoms with Crippen LogP contribution in [0.4, 0.5) is 5.69 Å². The van der Waals surface area contributed by atoms with Crippen molar-refractivity contribution in [2.24, 2.45) is 0 Å². The Balaban J connectivity index is 1.95. The second kappa shape index (κ2) is 6.11. The number of esters is 2. The Bertz CT molecular complexity index is 1030. The van der Waals surface area contributed by atoms with E-state index in [1.165, 1.54) is 38.2 Å². The molecule has 26 heavy (non-hydrogen) atoms. The van der Waals surface area contributed by atoms with Crippen LogP contribution in [0.3, 0.4) is 0 Å². The molecule has 0 aliphatic carbocycles. The average molecular weight is 377 g/mol. The van der Waals surface area contributed by atoms with E-state index in [9.17, 15) is 18.0 Å². The van der Waals surface area contributed by atoms with Crippen molar-refractivity contribution in [1.82, 2.24) is 0 Å². The first-order valence-corrected chi connectivity index (χ1v) is 8.94. The van der Waals surface area contributed by atoms with Gasteiger partial charge in [-0.3, -0.25) is 4.55 Å². The number of cyclic esters (lactones) is 2. The first-order chi connectivity index (χ1) is 12.1. The van der Waals surface area contributed by atoms with Crippen LogP contribution >= 0.6 is 0 Å². The summed E-state index contributed by atoms with van der Waals surface area (Å²) in [5.41, 5.74) is 0.221. The number of nitrogens with one attached hydrogen (secondary N) is 1. The van der Waals surface area contributed by atoms with E-state index in [-0.39, 0.29) is 10.5 Å². The van der Waals surface area contributed by atoms with Crippen LogP contribution in [-0.2, 0) is 29.2 Å². The lowest BCUT2D eigenvalue weighted by Crippen LogP contribution is -2.42. The summed E-state index contributed by atoms with van der Waals surface area (Å²) >= 11 is 0. The monoisotopic (exact) mass is 377 g/mol. The number of anilines is 1. The molecule has 9 heteroatoms. The van der Waals surface area contributed by atoms with Crippen LogP contribution in [0.5, 0.6) is 0 Å². The van der Waals surface area contributed by atoms with E-state index < -0.39 is 27.8 Å². The number of fused-ring (bicyclic) bond motifs is 1. The van der Waals surface area contributed by atoms with Gasteiger partial charge in [0.25, 0.3) is 15.9 Å². The molecule has 3 rings (SSSR count). The van der Waals surface area contributed by atoms with Gasteiger partial charge in [0, 0.05) is 31.1 Å². The van der Waals surface area contributed by atoms with E-state index in [0.717, 1.165) is 0 Å². The lowest BCUT2D eigenvalue weighted by atomic mass is 10.1. The molecule has 136 valence electrons. The summed E-state index contributed by atoms with van der Waals surface area (Å²) in [4.78, 5) is 23.6. The molecule has 0 atom stereocenters. The maximum Gasteiger partial charge on any atom is 0.350 e. The topological polar surface area (TPSA) is 119 Å². The van der Waals surface area contributed by atoms with Gasteiger partial charge in [-0.15, -0.1) is 0 Å². The molecule has 0 amide bonds. The summed E-state index contributed by atoms with van der Waals surface area (Å²) < 4.78 is 41.6. The summed E-state index contributed by atoms with van der Waals surface area (Å²) in [5, 5.41) is 3.99. The molecule has 2 aromatic carbocycles. The second-order valence-electron chi connectivity index (χ2n) is 6.04. The number of ether oxygens (including phenoxy) is 2. The van der Waals surface area contributed by atoms with Crippen LogP contribution < -0.4 is 5.32 Å². The van der Waals surface area contributed by atoms with E-state index in [1.54, 1.807) is 18.2 Å². The first kappa shape index (κ1) is 17.9. The fraction of sp³-hybridized carbons (Fsp3) is 0.176. The minimum atomic E-state index is -4.32. The fourth-order valence-corrected chi connectivity index (χ4v) is 2.99. The Morgan fingerprint density at radius 2 is 1.73 bits per heavy atom. The van der Waals surface area contributed by atoms with Gasteiger partial charge in [-0.2, -0.15) is 8.42 Å². The van der Waals surface area contributed by atoms with Gasteiger partial charge in [0.1, 0.15) is 0 Å². The predicted molar refractivity (Wildman–Crippen MR) is 91.7 cm³/mol. The molecule has 0 saturated carbocycles. The Hall–Kier alpha value is -2.91. The zero-order valence-electron chi connectivity index (χ0n) is 13.8. The number of carbonyl (C=O) groups is 2. The van der Waals surface area contributed by atoms with Crippen molar-refractivity contribution in [2.75, 3.05) is 5.32 Å². The molecule has 8 nitrogen and oxygen atoms in total. The molecule has 0 bridgehead atoms. The van der Waals surface area contributed by atoms with Crippen LogP contribution in [0.15, 0.2) is 53.1 Å². The van der Waals surface area contributed by atoms with E-state index in [2.05, 4.69) is 5.32 Å². The van der Waals surface area contributed by atoms with Gasteiger partial charge >= 0.3 is 11.9 Å². The van der Waals surface area contributed by atoms with Crippen LogP contribution in [0, 0.1) is 0 Å². The minimum absolute atomic E-state index is 0.234. The van der Waals surface area contributed by atoms with E-state index in [4.69, 9.17) is 14.0 Å². The van der Waals surface area contributed by atoms with Gasteiger partial charge in [0.2, 0.25) is 0 Å². The maximum atomic E-state index is 11.9. The minimum Gasteiger partial charge on any atom is -0.419 e. The second-order valence-corrected chi connectivity index (χ2v) is 7.47. The SMILES string of the molecule is CC1(C)OC(=O)C(=CNc2cccc3cc(S(=O)(=O)O)ccc23)C(=O)O1. The highest BCUT2D eigenvalue weighted by Gasteiger charge is 2.38. The molecule has 0 spiro atoms. The third kappa shape index (κ3) is 3.53. The summed E-state index contributed by atoms with van der Waals surface area (Å²) in [6.45, 7) is 2.90. The average Bonchev–Trinajstić information content (AvgIpc) is 2.51. The molecule has 0 radical (unpaired) electrons. The van der Waals surface area contributed by atoms with Crippen molar-refractivity contribution >= 4 is 38.5 Å². The lowest BCUT2D eigenvalue weighted by Gasteiger charge is -2.29. The van der Waals surface area contributed by atoms with Gasteiger partial charge < -0.3 is 14.8 Å². The van der Waals surface area contributed by atoms with Gasteiger partial charge in [-0.1, -0.05) is 18.2 Å². The van der Waals surface area contributed by atoms with Crippen LogP contribution in [0.2, 0.25) is 0 Å². The van der Waals surface area contributed by atoms with E-state index in [0.29, 0.717) is 16.5 Å². The van der Waals surface area contributed by atoms with E-state index >= 15 is 0 Å². The molecule has 1 saturated heterocycles. The molecule has 1 aliphatic rings. The highest BCUT2D eigenvalue weighted by Crippen LogP contribution is 2.27. The summed E-state index contributed by atoms with van der Waals surface area (Å²) in [5.74, 6) is -2.95. The normalized spacial score (nSPS) is 16.8. The largest absolute Gasteiger partial charge is 0.419 e.